The predicted molar refractivity (Wildman–Crippen MR) is 58.5 cm³/mol. The Balaban J connectivity index is 2.70. The van der Waals surface area contributed by atoms with Crippen LogP contribution in [0.15, 0.2) is 0 Å². The van der Waals surface area contributed by atoms with E-state index in [1.54, 1.807) is 0 Å². The third-order valence-electron chi connectivity index (χ3n) is 1.32. The van der Waals surface area contributed by atoms with E-state index in [-0.39, 0.29) is 6.47 Å². The highest BCUT2D eigenvalue weighted by atomic mass is 79.9. The Morgan fingerprint density at radius 3 is 1.56 bits per heavy atom. The third-order valence-corrected chi connectivity index (χ3v) is 10.0. The summed E-state index contributed by atoms with van der Waals surface area (Å²) in [5, 5.41) is 0. The van der Waals surface area contributed by atoms with Gasteiger partial charge < -0.3 is 0 Å². The van der Waals surface area contributed by atoms with Crippen molar-refractivity contribution in [3.05, 3.63) is 0 Å². The summed E-state index contributed by atoms with van der Waals surface area (Å²) in [4.78, 5) is 0.476. The van der Waals surface area contributed by atoms with Crippen molar-refractivity contribution >= 4 is 79.6 Å². The molecule has 1 aliphatic carbocycles. The fourth-order valence-corrected chi connectivity index (χ4v) is 4.79. The van der Waals surface area contributed by atoms with Crippen molar-refractivity contribution in [2.24, 2.45) is 0 Å². The molecule has 0 radical (unpaired) electrons. The molecule has 0 aromatic heterocycles. The maximum Gasteiger partial charge on any atom is 0.118 e. The summed E-state index contributed by atoms with van der Waals surface area (Å²) in [6.07, 6.45) is 1.06. The van der Waals surface area contributed by atoms with Gasteiger partial charge in [-0.2, -0.15) is 0 Å². The van der Waals surface area contributed by atoms with E-state index < -0.39 is 0 Å². The topological polar surface area (TPSA) is 0 Å². The molecule has 0 aliphatic heterocycles. The first kappa shape index (κ1) is 9.49. The van der Waals surface area contributed by atoms with Gasteiger partial charge >= 0.3 is 0 Å². The van der Waals surface area contributed by atoms with Gasteiger partial charge in [0.25, 0.3) is 0 Å². The fraction of sp³-hybridized carbons (Fsp3) is 1.00. The smallest absolute Gasteiger partial charge is 0.0864 e. The van der Waals surface area contributed by atoms with E-state index in [2.05, 4.69) is 79.6 Å². The molecule has 0 aromatic carbocycles. The van der Waals surface area contributed by atoms with E-state index in [9.17, 15) is 0 Å². The molecule has 9 heavy (non-hydrogen) atoms. The highest BCUT2D eigenvalue weighted by Gasteiger charge is 2.60. The lowest BCUT2D eigenvalue weighted by Gasteiger charge is -2.49. The van der Waals surface area contributed by atoms with Crippen molar-refractivity contribution < 1.29 is 0 Å². The summed E-state index contributed by atoms with van der Waals surface area (Å²) in [5.74, 6) is 0. The average molecular weight is 451 g/mol. The van der Waals surface area contributed by atoms with Crippen LogP contribution in [0.2, 0.25) is 0 Å². The van der Waals surface area contributed by atoms with Crippen LogP contribution in [-0.2, 0) is 0 Å². The molecule has 54 valence electrons. The summed E-state index contributed by atoms with van der Waals surface area (Å²) < 4.78 is -0.0475. The number of hydrogen-bond acceptors (Lipinski definition) is 0. The first-order valence-electron chi connectivity index (χ1n) is 2.27. The number of rotatable bonds is 0. The first-order valence-corrected chi connectivity index (χ1v) is 6.36. The van der Waals surface area contributed by atoms with Gasteiger partial charge in [0.2, 0.25) is 0 Å². The minimum Gasteiger partial charge on any atom is -0.0864 e. The zero-order valence-electron chi connectivity index (χ0n) is 4.17. The van der Waals surface area contributed by atoms with Gasteiger partial charge in [0.05, 0.1) is 0 Å². The second-order valence-electron chi connectivity index (χ2n) is 2.00. The molecule has 0 spiro atoms. The molecule has 1 rings (SSSR count). The molecule has 0 aromatic rings. The van der Waals surface area contributed by atoms with Gasteiger partial charge in [-0.25, -0.2) is 0 Å². The molecule has 0 saturated heterocycles. The van der Waals surface area contributed by atoms with E-state index in [0.717, 1.165) is 6.42 Å². The van der Waals surface area contributed by atoms with Gasteiger partial charge in [-0.1, -0.05) is 79.6 Å². The second kappa shape index (κ2) is 2.71. The summed E-state index contributed by atoms with van der Waals surface area (Å²) >= 11 is 17.6. The number of hydrogen-bond donors (Lipinski definition) is 0. The molecule has 0 N–H and O–H groups in total. The molecule has 0 nitrogen and oxygen atoms in total. The van der Waals surface area contributed by atoms with Gasteiger partial charge in [-0.15, -0.1) is 0 Å². The predicted octanol–water partition coefficient (Wildman–Crippen LogP) is 4.13. The highest BCUT2D eigenvalue weighted by molar-refractivity contribution is 9.31. The Morgan fingerprint density at radius 1 is 1.11 bits per heavy atom. The summed E-state index contributed by atoms with van der Waals surface area (Å²) in [6, 6.07) is 0. The minimum absolute atomic E-state index is 0.00116. The third kappa shape index (κ3) is 1.46. The van der Waals surface area contributed by atoms with Crippen LogP contribution in [0.25, 0.3) is 0 Å². The van der Waals surface area contributed by atoms with Crippen molar-refractivity contribution in [2.75, 3.05) is 0 Å². The van der Waals surface area contributed by atoms with Gasteiger partial charge in [0.15, 0.2) is 0 Å². The van der Waals surface area contributed by atoms with E-state index in [4.69, 9.17) is 0 Å². The first-order chi connectivity index (χ1) is 3.88. The zero-order chi connectivity index (χ0) is 7.28. The van der Waals surface area contributed by atoms with Crippen LogP contribution in [0.1, 0.15) is 6.42 Å². The SMILES string of the molecule is BrC1CC(Br)(Br)C1(Br)Br. The molecule has 1 unspecified atom stereocenters. The lowest BCUT2D eigenvalue weighted by molar-refractivity contribution is 0.525. The Morgan fingerprint density at radius 2 is 1.56 bits per heavy atom. The quantitative estimate of drug-likeness (QED) is 0.487. The Kier molecular flexibility index (Phi) is 2.86. The van der Waals surface area contributed by atoms with Crippen LogP contribution < -0.4 is 0 Å². The Labute approximate surface area is 96.2 Å². The van der Waals surface area contributed by atoms with Gasteiger partial charge in [0.1, 0.15) is 6.47 Å². The van der Waals surface area contributed by atoms with Crippen LogP contribution in [0.5, 0.6) is 0 Å². The van der Waals surface area contributed by atoms with E-state index in [0.29, 0.717) is 4.83 Å². The Hall–Kier alpha value is 2.40. The molecular weight excluding hydrogens is 448 g/mol. The van der Waals surface area contributed by atoms with Crippen LogP contribution in [0, 0.1) is 0 Å². The van der Waals surface area contributed by atoms with Crippen molar-refractivity contribution in [2.45, 2.75) is 17.7 Å². The molecular formula is C4H3Br5. The van der Waals surface area contributed by atoms with E-state index in [1.807, 2.05) is 0 Å². The normalized spacial score (nSPS) is 37.7. The molecule has 1 aliphatic rings. The molecule has 1 atom stereocenters. The van der Waals surface area contributed by atoms with Crippen LogP contribution in [0.4, 0.5) is 0 Å². The lowest BCUT2D eigenvalue weighted by Crippen LogP contribution is -2.54. The minimum atomic E-state index is -0.0486. The maximum absolute atomic E-state index is 3.53. The Bertz CT molecular complexity index is 129. The van der Waals surface area contributed by atoms with Gasteiger partial charge in [-0.05, 0) is 6.42 Å². The molecule has 5 heteroatoms. The largest absolute Gasteiger partial charge is 0.118 e. The highest BCUT2D eigenvalue weighted by Crippen LogP contribution is 2.64. The van der Waals surface area contributed by atoms with E-state index >= 15 is 0 Å². The monoisotopic (exact) mass is 446 g/mol. The molecule has 0 heterocycles. The lowest BCUT2D eigenvalue weighted by atomic mass is 9.99. The second-order valence-corrected chi connectivity index (χ2v) is 10.4. The molecule has 0 amide bonds. The molecule has 1 fully saturated rings. The number of alkyl halides is 5. The average Bonchev–Trinajstić information content (AvgIpc) is 1.65. The standard InChI is InChI=1S/C4H3Br5/c5-2-1-3(6,7)4(2,8)9/h2H,1H2. The summed E-state index contributed by atoms with van der Waals surface area (Å²) in [5.41, 5.74) is 0. The van der Waals surface area contributed by atoms with Crippen molar-refractivity contribution in [3.63, 3.8) is 0 Å². The maximum atomic E-state index is 3.53. The van der Waals surface area contributed by atoms with E-state index in [1.165, 1.54) is 0 Å². The van der Waals surface area contributed by atoms with Crippen LogP contribution in [0.3, 0.4) is 0 Å². The van der Waals surface area contributed by atoms with Gasteiger partial charge in [0, 0.05) is 4.83 Å². The van der Waals surface area contributed by atoms with Crippen molar-refractivity contribution in [1.82, 2.24) is 0 Å². The summed E-state index contributed by atoms with van der Waals surface area (Å²) in [6.45, 7) is 0. The molecule has 0 bridgehead atoms. The van der Waals surface area contributed by atoms with Gasteiger partial charge in [-0.3, -0.25) is 0 Å². The van der Waals surface area contributed by atoms with Crippen molar-refractivity contribution in [1.29, 1.82) is 0 Å². The molecule has 1 saturated carbocycles. The number of halogens is 5. The zero-order valence-corrected chi connectivity index (χ0v) is 12.1. The van der Waals surface area contributed by atoms with Crippen LogP contribution >= 0.6 is 79.6 Å². The summed E-state index contributed by atoms with van der Waals surface area (Å²) in [7, 11) is 0. The fourth-order valence-electron chi connectivity index (χ4n) is 0.587. The van der Waals surface area contributed by atoms with Crippen molar-refractivity contribution in [3.8, 4) is 0 Å². The van der Waals surface area contributed by atoms with Crippen LogP contribution in [-0.4, -0.2) is 11.3 Å².